The first-order valence-electron chi connectivity index (χ1n) is 20.2. The minimum Gasteiger partial charge on any atom is -0.444 e. The Balaban J connectivity index is 0.00000166. The van der Waals surface area contributed by atoms with Crippen molar-refractivity contribution in [3.63, 3.8) is 0 Å². The topological polar surface area (TPSA) is 278 Å². The van der Waals surface area contributed by atoms with Crippen LogP contribution in [0.1, 0.15) is 83.6 Å². The van der Waals surface area contributed by atoms with Gasteiger partial charge in [-0.15, -0.1) is 20.4 Å². The van der Waals surface area contributed by atoms with Crippen molar-refractivity contribution in [1.82, 2.24) is 15.5 Å². The van der Waals surface area contributed by atoms with Crippen LogP contribution in [0.5, 0.6) is 0 Å². The van der Waals surface area contributed by atoms with Crippen LogP contribution >= 0.6 is 0 Å². The van der Waals surface area contributed by atoms with Crippen LogP contribution in [-0.2, 0) is 46.4 Å². The van der Waals surface area contributed by atoms with Gasteiger partial charge in [-0.25, -0.2) is 4.79 Å². The van der Waals surface area contributed by atoms with Crippen LogP contribution in [0.3, 0.4) is 0 Å². The van der Waals surface area contributed by atoms with E-state index in [9.17, 15) is 14.4 Å². The molecule has 0 bridgehead atoms. The summed E-state index contributed by atoms with van der Waals surface area (Å²) in [6.45, 7) is 17.1. The summed E-state index contributed by atoms with van der Waals surface area (Å²) in [5.74, 6) is 1.17. The lowest BCUT2D eigenvalue weighted by Gasteiger charge is -2.27. The van der Waals surface area contributed by atoms with E-state index in [1.807, 2.05) is 57.3 Å². The van der Waals surface area contributed by atoms with Crippen LogP contribution in [-0.4, -0.2) is 125 Å². The van der Waals surface area contributed by atoms with E-state index < -0.39 is 11.7 Å². The highest BCUT2D eigenvalue weighted by Crippen LogP contribution is 2.10. The molecule has 19 heteroatoms. The van der Waals surface area contributed by atoms with Gasteiger partial charge in [0.15, 0.2) is 11.7 Å². The van der Waals surface area contributed by atoms with Crippen molar-refractivity contribution < 1.29 is 38.1 Å². The van der Waals surface area contributed by atoms with E-state index in [2.05, 4.69) is 31.0 Å². The fraction of sp³-hybridized carbons (Fsp3) is 0.548. The first-order chi connectivity index (χ1) is 29.1. The largest absolute Gasteiger partial charge is 0.444 e. The van der Waals surface area contributed by atoms with E-state index in [1.54, 1.807) is 46.8 Å². The number of rotatable bonds is 26. The van der Waals surface area contributed by atoms with Crippen LogP contribution in [0.2, 0.25) is 0 Å². The van der Waals surface area contributed by atoms with Crippen molar-refractivity contribution in [2.75, 3.05) is 73.0 Å². The average Bonchev–Trinajstić information content (AvgIpc) is 3.23. The zero-order valence-corrected chi connectivity index (χ0v) is 37.4. The second-order valence-electron chi connectivity index (χ2n) is 13.8. The predicted octanol–water partition coefficient (Wildman–Crippen LogP) is 3.01. The van der Waals surface area contributed by atoms with Gasteiger partial charge in [-0.2, -0.15) is 0 Å². The Bertz CT molecular complexity index is 1620. The number of nitrogens with two attached hydrogens (primary N) is 4. The molecule has 0 unspecified atom stereocenters. The van der Waals surface area contributed by atoms with Gasteiger partial charge >= 0.3 is 6.09 Å². The smallest absolute Gasteiger partial charge is 0.410 e. The van der Waals surface area contributed by atoms with E-state index in [-0.39, 0.29) is 31.4 Å². The Kier molecular flexibility index (Phi) is 31.2. The number of hydrogen-bond donors (Lipinski definition) is 6. The molecule has 0 spiro atoms. The molecule has 0 atom stereocenters. The van der Waals surface area contributed by atoms with Gasteiger partial charge in [0, 0.05) is 50.1 Å². The van der Waals surface area contributed by atoms with Crippen molar-refractivity contribution in [3.8, 4) is 0 Å². The van der Waals surface area contributed by atoms with E-state index in [0.717, 1.165) is 24.0 Å². The molecule has 2 amide bonds. The Labute approximate surface area is 361 Å². The molecule has 0 aliphatic rings. The molecule has 2 aromatic carbocycles. The number of carbonyl (C=O) groups is 3. The monoisotopic (exact) mass is 858 g/mol. The Morgan fingerprint density at radius 2 is 1.08 bits per heavy atom. The van der Waals surface area contributed by atoms with Crippen LogP contribution < -0.4 is 33.6 Å². The zero-order chi connectivity index (χ0) is 45.9. The van der Waals surface area contributed by atoms with Crippen molar-refractivity contribution in [2.24, 2.45) is 43.3 Å². The van der Waals surface area contributed by atoms with Crippen molar-refractivity contribution in [3.05, 3.63) is 70.8 Å². The quantitative estimate of drug-likeness (QED) is 0.0261. The predicted molar refractivity (Wildman–Crippen MR) is 241 cm³/mol. The van der Waals surface area contributed by atoms with E-state index in [1.165, 1.54) is 10.5 Å². The molecule has 342 valence electrons. The summed E-state index contributed by atoms with van der Waals surface area (Å²) in [4.78, 5) is 36.5. The standard InChI is InChI=1S/C29H48N6O8.C11H17N5.C2H6/c1-23(30)33-34-27(31)25-8-6-24(7-9-25)22-32-26(37)10-15-40-19-21-42-17-12-35(28(38)43-29(2,3)4)11-16-41-20-18-39-14-5-13-36;1-8(12)15-16-11(13)10-5-3-9(4-6-10)7-14-2;1-2/h6-9,13H,5,10-12,14-22H2,1-4H3,(H2,30,33)(H2,31,34)(H,32,37);3-6,14H,7H2,1-2H3,(H2,12,15)(H2,13,16);1-2H3. The fourth-order valence-electron chi connectivity index (χ4n) is 4.37. The third kappa shape index (κ3) is 30.2. The summed E-state index contributed by atoms with van der Waals surface area (Å²) in [5.41, 5.74) is 25.4. The molecule has 0 radical (unpaired) electrons. The Hall–Kier alpha value is -5.47. The summed E-state index contributed by atoms with van der Waals surface area (Å²) in [5, 5.41) is 21.0. The number of carbonyl (C=O) groups excluding carboxylic acids is 3. The summed E-state index contributed by atoms with van der Waals surface area (Å²) in [6.07, 6.45) is 0.909. The number of hydrogen-bond acceptors (Lipinski definition) is 13. The SMILES string of the molecule is C/C(N)=N/N=C(\N)c1ccc(CNC(=O)CCOCCOCCN(CCOCCOCCC=O)C(=O)OC(C)(C)C)cc1.CC.CNCc1ccc(/C(N)=N/N=C(/C)N)cc1. The summed E-state index contributed by atoms with van der Waals surface area (Å²) < 4.78 is 27.3. The second-order valence-corrected chi connectivity index (χ2v) is 13.8. The molecule has 0 fully saturated rings. The number of nitrogens with one attached hydrogen (secondary N) is 2. The number of amides is 2. The lowest BCUT2D eigenvalue weighted by Crippen LogP contribution is -2.40. The molecule has 0 aliphatic carbocycles. The Morgan fingerprint density at radius 3 is 1.49 bits per heavy atom. The van der Waals surface area contributed by atoms with Crippen LogP contribution in [0.25, 0.3) is 0 Å². The van der Waals surface area contributed by atoms with Crippen molar-refractivity contribution in [1.29, 1.82) is 0 Å². The van der Waals surface area contributed by atoms with E-state index in [4.69, 9.17) is 46.6 Å². The molecule has 61 heavy (non-hydrogen) atoms. The second kappa shape index (κ2) is 34.3. The molecule has 0 aliphatic heterocycles. The lowest BCUT2D eigenvalue weighted by atomic mass is 10.1. The highest BCUT2D eigenvalue weighted by atomic mass is 16.6. The van der Waals surface area contributed by atoms with E-state index >= 15 is 0 Å². The summed E-state index contributed by atoms with van der Waals surface area (Å²) in [7, 11) is 1.91. The summed E-state index contributed by atoms with van der Waals surface area (Å²) >= 11 is 0. The van der Waals surface area contributed by atoms with Gasteiger partial charge in [0.25, 0.3) is 0 Å². The maximum Gasteiger partial charge on any atom is 0.410 e. The summed E-state index contributed by atoms with van der Waals surface area (Å²) in [6, 6.07) is 15.1. The van der Waals surface area contributed by atoms with Gasteiger partial charge in [-0.1, -0.05) is 62.4 Å². The first-order valence-corrected chi connectivity index (χ1v) is 20.2. The molecule has 19 nitrogen and oxygen atoms in total. The zero-order valence-electron chi connectivity index (χ0n) is 37.4. The Morgan fingerprint density at radius 1 is 0.656 bits per heavy atom. The van der Waals surface area contributed by atoms with Crippen LogP contribution in [0.4, 0.5) is 4.79 Å². The first kappa shape index (κ1) is 55.5. The van der Waals surface area contributed by atoms with Gasteiger partial charge in [0.05, 0.1) is 52.9 Å². The van der Waals surface area contributed by atoms with Gasteiger partial charge < -0.3 is 66.9 Å². The molecule has 0 heterocycles. The van der Waals surface area contributed by atoms with Crippen LogP contribution in [0.15, 0.2) is 68.9 Å². The minimum atomic E-state index is -0.627. The third-order valence-corrected chi connectivity index (χ3v) is 7.26. The number of aldehydes is 1. The fourth-order valence-corrected chi connectivity index (χ4v) is 4.37. The molecular formula is C42H71N11O8. The maximum atomic E-state index is 12.6. The molecule has 0 saturated heterocycles. The number of amidine groups is 4. The third-order valence-electron chi connectivity index (χ3n) is 7.26. The van der Waals surface area contributed by atoms with Gasteiger partial charge in [0.1, 0.15) is 23.6 Å². The number of ether oxygens (including phenoxy) is 5. The highest BCUT2D eigenvalue weighted by molar-refractivity contribution is 5.98. The minimum absolute atomic E-state index is 0.137. The number of benzene rings is 2. The van der Waals surface area contributed by atoms with Gasteiger partial charge in [-0.05, 0) is 52.8 Å². The van der Waals surface area contributed by atoms with Gasteiger partial charge in [-0.3, -0.25) is 4.79 Å². The maximum absolute atomic E-state index is 12.6. The average molecular weight is 858 g/mol. The van der Waals surface area contributed by atoms with Crippen molar-refractivity contribution in [2.45, 2.75) is 80.0 Å². The molecular weight excluding hydrogens is 787 g/mol. The number of nitrogens with zero attached hydrogens (tertiary/aromatic N) is 5. The van der Waals surface area contributed by atoms with E-state index in [0.29, 0.717) is 88.8 Å². The normalized spacial score (nSPS) is 12.1. The molecule has 0 saturated carbocycles. The molecule has 0 aromatic heterocycles. The lowest BCUT2D eigenvalue weighted by molar-refractivity contribution is -0.122. The molecule has 2 rings (SSSR count). The van der Waals surface area contributed by atoms with Gasteiger partial charge in [0.2, 0.25) is 5.91 Å². The van der Waals surface area contributed by atoms with Crippen LogP contribution in [0, 0.1) is 0 Å². The highest BCUT2D eigenvalue weighted by Gasteiger charge is 2.22. The molecule has 2 aromatic rings. The van der Waals surface area contributed by atoms with Crippen molar-refractivity contribution >= 4 is 41.6 Å². The molecule has 10 N–H and O–H groups in total.